The molecule has 1 amide bonds. The quantitative estimate of drug-likeness (QED) is 0.474. The molecular weight excluding hydrogens is 384 g/mol. The van der Waals surface area contributed by atoms with Gasteiger partial charge in [0.1, 0.15) is 5.82 Å². The summed E-state index contributed by atoms with van der Waals surface area (Å²) in [6, 6.07) is 20.9. The van der Waals surface area contributed by atoms with Crippen LogP contribution in [0.5, 0.6) is 0 Å². The van der Waals surface area contributed by atoms with Gasteiger partial charge in [0.2, 0.25) is 0 Å². The highest BCUT2D eigenvalue weighted by molar-refractivity contribution is 5.98. The van der Waals surface area contributed by atoms with Gasteiger partial charge in [-0.2, -0.15) is 0 Å². The lowest BCUT2D eigenvalue weighted by molar-refractivity contribution is 0.0791. The number of fused-ring (bicyclic) bond motifs is 1. The third-order valence-corrected chi connectivity index (χ3v) is 6.51. The highest BCUT2D eigenvalue weighted by atomic mass is 16.2. The van der Waals surface area contributed by atoms with E-state index in [-0.39, 0.29) is 5.91 Å². The number of benzene rings is 2. The van der Waals surface area contributed by atoms with E-state index < -0.39 is 0 Å². The molecule has 6 rings (SSSR count). The topological polar surface area (TPSA) is 51.0 Å². The highest BCUT2D eigenvalue weighted by Crippen LogP contribution is 2.41. The fourth-order valence-corrected chi connectivity index (χ4v) is 4.74. The molecule has 2 fully saturated rings. The van der Waals surface area contributed by atoms with Crippen LogP contribution < -0.4 is 0 Å². The fourth-order valence-electron chi connectivity index (χ4n) is 4.74. The second-order valence-electron chi connectivity index (χ2n) is 8.63. The normalized spacial score (nSPS) is 18.6. The summed E-state index contributed by atoms with van der Waals surface area (Å²) in [4.78, 5) is 24.4. The lowest BCUT2D eigenvalue weighted by Gasteiger charge is -2.17. The first kappa shape index (κ1) is 18.3. The molecule has 31 heavy (non-hydrogen) atoms. The minimum Gasteiger partial charge on any atom is -0.338 e. The summed E-state index contributed by atoms with van der Waals surface area (Å²) in [6.45, 7) is 1.52. The number of hydrogen-bond acceptors (Lipinski definition) is 3. The average Bonchev–Trinajstić information content (AvgIpc) is 3.41. The second kappa shape index (κ2) is 7.34. The van der Waals surface area contributed by atoms with Crippen molar-refractivity contribution in [3.63, 3.8) is 0 Å². The van der Waals surface area contributed by atoms with Gasteiger partial charge in [0.25, 0.3) is 5.91 Å². The third kappa shape index (κ3) is 3.30. The number of aromatic nitrogens is 3. The summed E-state index contributed by atoms with van der Waals surface area (Å²) < 4.78 is 2.35. The zero-order valence-electron chi connectivity index (χ0n) is 17.3. The largest absolute Gasteiger partial charge is 0.338 e. The van der Waals surface area contributed by atoms with Gasteiger partial charge in [0.05, 0.1) is 11.0 Å². The molecule has 2 aromatic heterocycles. The van der Waals surface area contributed by atoms with Crippen molar-refractivity contribution in [2.75, 3.05) is 13.1 Å². The molecule has 5 nitrogen and oxygen atoms in total. The van der Waals surface area contributed by atoms with E-state index in [0.717, 1.165) is 47.5 Å². The number of hydrogen-bond donors (Lipinski definition) is 0. The van der Waals surface area contributed by atoms with Crippen molar-refractivity contribution < 1.29 is 4.79 Å². The van der Waals surface area contributed by atoms with E-state index in [4.69, 9.17) is 4.98 Å². The summed E-state index contributed by atoms with van der Waals surface area (Å²) in [5, 5.41) is 0. The molecule has 3 heterocycles. The van der Waals surface area contributed by atoms with E-state index in [2.05, 4.69) is 33.8 Å². The lowest BCUT2D eigenvalue weighted by Crippen LogP contribution is -2.28. The molecule has 5 heteroatoms. The van der Waals surface area contributed by atoms with Crippen molar-refractivity contribution in [1.29, 1.82) is 0 Å². The first-order valence-electron chi connectivity index (χ1n) is 11.0. The average molecular weight is 409 g/mol. The zero-order chi connectivity index (χ0) is 20.8. The Morgan fingerprint density at radius 1 is 0.968 bits per heavy atom. The minimum atomic E-state index is 0.0931. The number of imidazole rings is 1. The van der Waals surface area contributed by atoms with Crippen LogP contribution in [-0.4, -0.2) is 38.4 Å². The van der Waals surface area contributed by atoms with Crippen LogP contribution in [0.15, 0.2) is 73.1 Å². The standard InChI is InChI=1S/C26H24N4O/c31-26(29-14-12-21(17-29)20-7-4-13-27-16-20)19-8-11-24-23(15-19)28-25(30(24)22-9-10-22)18-5-2-1-3-6-18/h1-8,11,13,15-16,21-22H,9-10,12,14,17H2. The zero-order valence-corrected chi connectivity index (χ0v) is 17.3. The van der Waals surface area contributed by atoms with Gasteiger partial charge in [-0.1, -0.05) is 36.4 Å². The molecule has 0 bridgehead atoms. The molecule has 1 saturated carbocycles. The Kier molecular flexibility index (Phi) is 4.34. The van der Waals surface area contributed by atoms with Crippen molar-refractivity contribution in [3.8, 4) is 11.4 Å². The van der Waals surface area contributed by atoms with Crippen molar-refractivity contribution in [2.24, 2.45) is 0 Å². The van der Waals surface area contributed by atoms with Crippen molar-refractivity contribution in [2.45, 2.75) is 31.2 Å². The Hall–Kier alpha value is -3.47. The van der Waals surface area contributed by atoms with E-state index >= 15 is 0 Å². The number of likely N-dealkylation sites (tertiary alicyclic amines) is 1. The number of rotatable bonds is 4. The van der Waals surface area contributed by atoms with Gasteiger partial charge in [-0.3, -0.25) is 9.78 Å². The molecule has 4 aromatic rings. The second-order valence-corrected chi connectivity index (χ2v) is 8.63. The molecule has 0 spiro atoms. The molecule has 1 unspecified atom stereocenters. The molecular formula is C26H24N4O. The van der Waals surface area contributed by atoms with Crippen LogP contribution in [0.2, 0.25) is 0 Å². The smallest absolute Gasteiger partial charge is 0.253 e. The molecule has 0 N–H and O–H groups in total. The van der Waals surface area contributed by atoms with Gasteiger partial charge < -0.3 is 9.47 Å². The molecule has 1 aliphatic heterocycles. The van der Waals surface area contributed by atoms with Crippen LogP contribution in [0.3, 0.4) is 0 Å². The molecule has 2 aromatic carbocycles. The Bertz CT molecular complexity index is 1240. The number of carbonyl (C=O) groups excluding carboxylic acids is 1. The van der Waals surface area contributed by atoms with Crippen molar-refractivity contribution in [1.82, 2.24) is 19.4 Å². The number of amides is 1. The van der Waals surface area contributed by atoms with Gasteiger partial charge in [0, 0.05) is 48.6 Å². The summed E-state index contributed by atoms with van der Waals surface area (Å²) in [5.74, 6) is 1.45. The van der Waals surface area contributed by atoms with Gasteiger partial charge in [-0.05, 0) is 49.1 Å². The third-order valence-electron chi connectivity index (χ3n) is 6.51. The number of nitrogens with zero attached hydrogens (tertiary/aromatic N) is 4. The Morgan fingerprint density at radius 2 is 1.84 bits per heavy atom. The predicted molar refractivity (Wildman–Crippen MR) is 121 cm³/mol. The summed E-state index contributed by atoms with van der Waals surface area (Å²) in [6.07, 6.45) is 7.07. The Balaban J connectivity index is 1.31. The Labute approximate surface area is 181 Å². The van der Waals surface area contributed by atoms with Crippen LogP contribution in [-0.2, 0) is 0 Å². The van der Waals surface area contributed by atoms with Crippen LogP contribution in [0.1, 0.15) is 47.1 Å². The van der Waals surface area contributed by atoms with Gasteiger partial charge in [0.15, 0.2) is 0 Å². The maximum atomic E-state index is 13.3. The predicted octanol–water partition coefficient (Wildman–Crippen LogP) is 5.06. The van der Waals surface area contributed by atoms with E-state index in [1.54, 1.807) is 6.20 Å². The minimum absolute atomic E-state index is 0.0931. The number of pyridine rings is 1. The van der Waals surface area contributed by atoms with Gasteiger partial charge in [-0.15, -0.1) is 0 Å². The highest BCUT2D eigenvalue weighted by Gasteiger charge is 2.31. The van der Waals surface area contributed by atoms with E-state index in [1.165, 1.54) is 18.4 Å². The first-order valence-corrected chi connectivity index (χ1v) is 11.0. The lowest BCUT2D eigenvalue weighted by atomic mass is 10.0. The van der Waals surface area contributed by atoms with E-state index in [9.17, 15) is 4.79 Å². The van der Waals surface area contributed by atoms with E-state index in [1.807, 2.05) is 47.5 Å². The molecule has 0 radical (unpaired) electrons. The maximum Gasteiger partial charge on any atom is 0.253 e. The fraction of sp³-hybridized carbons (Fsp3) is 0.269. The SMILES string of the molecule is O=C(c1ccc2c(c1)nc(-c1ccccc1)n2C1CC1)N1CCC(c2cccnc2)C1. The van der Waals surface area contributed by atoms with Crippen molar-refractivity contribution in [3.05, 3.63) is 84.2 Å². The van der Waals surface area contributed by atoms with Crippen LogP contribution in [0.25, 0.3) is 22.4 Å². The summed E-state index contributed by atoms with van der Waals surface area (Å²) >= 11 is 0. The summed E-state index contributed by atoms with van der Waals surface area (Å²) in [5.41, 5.74) is 5.08. The maximum absolute atomic E-state index is 13.3. The monoisotopic (exact) mass is 408 g/mol. The van der Waals surface area contributed by atoms with Gasteiger partial charge >= 0.3 is 0 Å². The molecule has 2 aliphatic rings. The van der Waals surface area contributed by atoms with E-state index in [0.29, 0.717) is 12.0 Å². The molecule has 1 aliphatic carbocycles. The first-order chi connectivity index (χ1) is 15.3. The number of carbonyl (C=O) groups is 1. The van der Waals surface area contributed by atoms with Crippen LogP contribution in [0, 0.1) is 0 Å². The molecule has 1 atom stereocenters. The summed E-state index contributed by atoms with van der Waals surface area (Å²) in [7, 11) is 0. The van der Waals surface area contributed by atoms with Crippen LogP contribution >= 0.6 is 0 Å². The molecule has 154 valence electrons. The Morgan fingerprint density at radius 3 is 2.61 bits per heavy atom. The van der Waals surface area contributed by atoms with Crippen LogP contribution in [0.4, 0.5) is 0 Å². The van der Waals surface area contributed by atoms with Crippen molar-refractivity contribution >= 4 is 16.9 Å². The molecule has 1 saturated heterocycles. The van der Waals surface area contributed by atoms with Gasteiger partial charge in [-0.25, -0.2) is 4.98 Å².